The second kappa shape index (κ2) is 3.94. The largest absolute Gasteiger partial charge is 0.490 e. The molecule has 78 valence electrons. The van der Waals surface area contributed by atoms with Crippen molar-refractivity contribution in [2.75, 3.05) is 0 Å². The van der Waals surface area contributed by atoms with E-state index in [1.807, 2.05) is 18.2 Å². The van der Waals surface area contributed by atoms with Gasteiger partial charge in [0.2, 0.25) is 0 Å². The van der Waals surface area contributed by atoms with E-state index in [2.05, 4.69) is 19.9 Å². The van der Waals surface area contributed by atoms with Crippen molar-refractivity contribution in [3.05, 3.63) is 29.3 Å². The highest BCUT2D eigenvalue weighted by Gasteiger charge is 2.23. The van der Waals surface area contributed by atoms with Gasteiger partial charge in [0.25, 0.3) is 0 Å². The summed E-state index contributed by atoms with van der Waals surface area (Å²) in [4.78, 5) is 0. The van der Waals surface area contributed by atoms with Crippen molar-refractivity contribution in [2.45, 2.75) is 38.7 Å². The summed E-state index contributed by atoms with van der Waals surface area (Å²) in [5.41, 5.74) is 1.86. The lowest BCUT2D eigenvalue weighted by molar-refractivity contribution is 0.302. The molecule has 1 aromatic rings. The monoisotopic (exact) mass is 201 g/mol. The Morgan fingerprint density at radius 2 is 2.07 bits per heavy atom. The molecule has 0 bridgehead atoms. The highest BCUT2D eigenvalue weighted by molar-refractivity contribution is 5.42. The molecule has 2 rings (SSSR count). The predicted octanol–water partition coefficient (Wildman–Crippen LogP) is 3.22. The van der Waals surface area contributed by atoms with Crippen molar-refractivity contribution < 1.29 is 4.74 Å². The second-order valence-electron chi connectivity index (χ2n) is 4.37. The lowest BCUT2D eigenvalue weighted by Gasteiger charge is -2.10. The van der Waals surface area contributed by atoms with Crippen LogP contribution in [0.2, 0.25) is 0 Å². The molecule has 1 aliphatic carbocycles. The molecular formula is C13H15NO. The fraction of sp³-hybridized carbons (Fsp3) is 0.462. The Balaban J connectivity index is 2.28. The SMILES string of the molecule is CC(C)c1cc(C#N)cc(OC2CC2)c1. The first-order valence-corrected chi connectivity index (χ1v) is 5.41. The molecule has 0 saturated heterocycles. The molecular weight excluding hydrogens is 186 g/mol. The van der Waals surface area contributed by atoms with Crippen molar-refractivity contribution in [2.24, 2.45) is 0 Å². The number of hydrogen-bond acceptors (Lipinski definition) is 2. The molecule has 0 spiro atoms. The molecule has 2 nitrogen and oxygen atoms in total. The van der Waals surface area contributed by atoms with Crippen molar-refractivity contribution in [3.8, 4) is 11.8 Å². The predicted molar refractivity (Wildman–Crippen MR) is 58.9 cm³/mol. The van der Waals surface area contributed by atoms with E-state index >= 15 is 0 Å². The zero-order valence-electron chi connectivity index (χ0n) is 9.16. The third kappa shape index (κ3) is 2.50. The first-order chi connectivity index (χ1) is 7.19. The van der Waals surface area contributed by atoms with E-state index in [4.69, 9.17) is 10.00 Å². The minimum atomic E-state index is 0.388. The molecule has 0 heterocycles. The number of rotatable bonds is 3. The highest BCUT2D eigenvalue weighted by atomic mass is 16.5. The van der Waals surface area contributed by atoms with Gasteiger partial charge in [-0.2, -0.15) is 5.26 Å². The third-order valence-corrected chi connectivity index (χ3v) is 2.55. The molecule has 0 radical (unpaired) electrons. The van der Waals surface area contributed by atoms with Crippen molar-refractivity contribution in [3.63, 3.8) is 0 Å². The molecule has 0 atom stereocenters. The average Bonchev–Trinajstić information content (AvgIpc) is 3.01. The lowest BCUT2D eigenvalue weighted by Crippen LogP contribution is -1.98. The number of ether oxygens (including phenoxy) is 1. The van der Waals surface area contributed by atoms with E-state index in [-0.39, 0.29) is 0 Å². The molecule has 0 aromatic heterocycles. The van der Waals surface area contributed by atoms with Gasteiger partial charge in [0.1, 0.15) is 5.75 Å². The fourth-order valence-electron chi connectivity index (χ4n) is 1.47. The second-order valence-corrected chi connectivity index (χ2v) is 4.37. The molecule has 0 unspecified atom stereocenters. The van der Waals surface area contributed by atoms with Crippen molar-refractivity contribution in [1.82, 2.24) is 0 Å². The van der Waals surface area contributed by atoms with Crippen LogP contribution in [0.4, 0.5) is 0 Å². The van der Waals surface area contributed by atoms with Crippen LogP contribution < -0.4 is 4.74 Å². The molecule has 0 N–H and O–H groups in total. The smallest absolute Gasteiger partial charge is 0.121 e. The summed E-state index contributed by atoms with van der Waals surface area (Å²) >= 11 is 0. The van der Waals surface area contributed by atoms with E-state index in [1.54, 1.807) is 0 Å². The summed E-state index contributed by atoms with van der Waals surface area (Å²) < 4.78 is 5.71. The van der Waals surface area contributed by atoms with Gasteiger partial charge in [0.05, 0.1) is 17.7 Å². The summed E-state index contributed by atoms with van der Waals surface area (Å²) in [5.74, 6) is 1.28. The van der Waals surface area contributed by atoms with E-state index < -0.39 is 0 Å². The summed E-state index contributed by atoms with van der Waals surface area (Å²) in [6.45, 7) is 4.24. The molecule has 1 aromatic carbocycles. The Kier molecular flexibility index (Phi) is 2.64. The molecule has 2 heteroatoms. The maximum atomic E-state index is 8.91. The van der Waals surface area contributed by atoms with E-state index in [0.29, 0.717) is 17.6 Å². The molecule has 1 fully saturated rings. The Hall–Kier alpha value is -1.49. The van der Waals surface area contributed by atoms with Crippen molar-refractivity contribution in [1.29, 1.82) is 5.26 Å². The first kappa shape index (κ1) is 10.0. The molecule has 1 saturated carbocycles. The van der Waals surface area contributed by atoms with Gasteiger partial charge in [-0.3, -0.25) is 0 Å². The molecule has 1 aliphatic rings. The molecule has 15 heavy (non-hydrogen) atoms. The Morgan fingerprint density at radius 3 is 2.60 bits per heavy atom. The van der Waals surface area contributed by atoms with Crippen LogP contribution in [-0.4, -0.2) is 6.10 Å². The van der Waals surface area contributed by atoms with Gasteiger partial charge in [0.15, 0.2) is 0 Å². The van der Waals surface area contributed by atoms with Gasteiger partial charge in [-0.05, 0) is 42.5 Å². The fourth-order valence-corrected chi connectivity index (χ4v) is 1.47. The topological polar surface area (TPSA) is 33.0 Å². The Labute approximate surface area is 90.5 Å². The zero-order valence-corrected chi connectivity index (χ0v) is 9.16. The maximum Gasteiger partial charge on any atom is 0.121 e. The van der Waals surface area contributed by atoms with Gasteiger partial charge in [-0.1, -0.05) is 13.8 Å². The maximum absolute atomic E-state index is 8.91. The van der Waals surface area contributed by atoms with Gasteiger partial charge in [-0.25, -0.2) is 0 Å². The summed E-state index contributed by atoms with van der Waals surface area (Å²) in [6, 6.07) is 7.98. The number of hydrogen-bond donors (Lipinski definition) is 0. The lowest BCUT2D eigenvalue weighted by atomic mass is 10.0. The third-order valence-electron chi connectivity index (χ3n) is 2.55. The van der Waals surface area contributed by atoms with Gasteiger partial charge >= 0.3 is 0 Å². The van der Waals surface area contributed by atoms with Crippen LogP contribution in [0, 0.1) is 11.3 Å². The number of benzene rings is 1. The van der Waals surface area contributed by atoms with E-state index in [0.717, 1.165) is 18.6 Å². The number of nitriles is 1. The van der Waals surface area contributed by atoms with Crippen LogP contribution in [0.25, 0.3) is 0 Å². The summed E-state index contributed by atoms with van der Waals surface area (Å²) in [5, 5.41) is 8.91. The average molecular weight is 201 g/mol. The van der Waals surface area contributed by atoms with Gasteiger partial charge < -0.3 is 4.74 Å². The quantitative estimate of drug-likeness (QED) is 0.752. The van der Waals surface area contributed by atoms with Gasteiger partial charge in [-0.15, -0.1) is 0 Å². The zero-order chi connectivity index (χ0) is 10.8. The number of nitrogens with zero attached hydrogens (tertiary/aromatic N) is 1. The van der Waals surface area contributed by atoms with Crippen LogP contribution in [0.5, 0.6) is 5.75 Å². The summed E-state index contributed by atoms with van der Waals surface area (Å²) in [7, 11) is 0. The normalized spacial score (nSPS) is 15.1. The highest BCUT2D eigenvalue weighted by Crippen LogP contribution is 2.29. The Bertz CT molecular complexity index is 399. The van der Waals surface area contributed by atoms with Crippen LogP contribution in [0.1, 0.15) is 43.7 Å². The molecule has 0 amide bonds. The molecule has 0 aliphatic heterocycles. The van der Waals surface area contributed by atoms with E-state index in [1.165, 1.54) is 5.56 Å². The standard InChI is InChI=1S/C13H15NO/c1-9(2)11-5-10(8-14)6-13(7-11)15-12-3-4-12/h5-7,9,12H,3-4H2,1-2H3. The summed E-state index contributed by atoms with van der Waals surface area (Å²) in [6.07, 6.45) is 2.68. The minimum Gasteiger partial charge on any atom is -0.490 e. The van der Waals surface area contributed by atoms with Crippen LogP contribution in [-0.2, 0) is 0 Å². The van der Waals surface area contributed by atoms with Crippen LogP contribution in [0.3, 0.4) is 0 Å². The van der Waals surface area contributed by atoms with Gasteiger partial charge in [0, 0.05) is 0 Å². The van der Waals surface area contributed by atoms with Crippen LogP contribution >= 0.6 is 0 Å². The Morgan fingerprint density at radius 1 is 1.33 bits per heavy atom. The van der Waals surface area contributed by atoms with Crippen molar-refractivity contribution >= 4 is 0 Å². The first-order valence-electron chi connectivity index (χ1n) is 5.41. The van der Waals surface area contributed by atoms with E-state index in [9.17, 15) is 0 Å². The minimum absolute atomic E-state index is 0.388. The van der Waals surface area contributed by atoms with Crippen LogP contribution in [0.15, 0.2) is 18.2 Å².